The number of aliphatic hydroxyl groups is 1. The molecule has 19 heavy (non-hydrogen) atoms. The first kappa shape index (κ1) is 14.4. The van der Waals surface area contributed by atoms with Gasteiger partial charge in [0.15, 0.2) is 0 Å². The lowest BCUT2D eigenvalue weighted by atomic mass is 10.2. The van der Waals surface area contributed by atoms with Gasteiger partial charge < -0.3 is 15.2 Å². The second-order valence-corrected chi connectivity index (χ2v) is 5.17. The summed E-state index contributed by atoms with van der Waals surface area (Å²) >= 11 is 0. The van der Waals surface area contributed by atoms with Gasteiger partial charge in [-0.25, -0.2) is 0 Å². The number of aromatic nitrogens is 1. The lowest BCUT2D eigenvalue weighted by Gasteiger charge is -2.15. The van der Waals surface area contributed by atoms with E-state index in [1.165, 1.54) is 12.8 Å². The fourth-order valence-electron chi connectivity index (χ4n) is 2.39. The molecule has 1 aliphatic carbocycles. The minimum absolute atomic E-state index is 0.378. The Kier molecular flexibility index (Phi) is 6.27. The van der Waals surface area contributed by atoms with Gasteiger partial charge >= 0.3 is 0 Å². The first-order valence-electron chi connectivity index (χ1n) is 7.25. The third-order valence-electron chi connectivity index (χ3n) is 3.49. The zero-order valence-corrected chi connectivity index (χ0v) is 11.4. The van der Waals surface area contributed by atoms with Crippen molar-refractivity contribution in [1.29, 1.82) is 0 Å². The van der Waals surface area contributed by atoms with Gasteiger partial charge in [0.25, 0.3) is 0 Å². The molecule has 1 saturated carbocycles. The van der Waals surface area contributed by atoms with E-state index in [0.717, 1.165) is 31.5 Å². The minimum atomic E-state index is -0.413. The maximum Gasteiger partial charge on any atom is 0.0897 e. The highest BCUT2D eigenvalue weighted by Gasteiger charge is 2.16. The van der Waals surface area contributed by atoms with E-state index in [0.29, 0.717) is 19.3 Å². The van der Waals surface area contributed by atoms with Gasteiger partial charge in [0, 0.05) is 31.4 Å². The molecule has 0 radical (unpaired) electrons. The van der Waals surface area contributed by atoms with Crippen LogP contribution in [0.15, 0.2) is 24.4 Å². The van der Waals surface area contributed by atoms with E-state index in [4.69, 9.17) is 4.74 Å². The molecule has 2 N–H and O–H groups in total. The molecule has 1 unspecified atom stereocenters. The molecule has 0 bridgehead atoms. The molecule has 0 amide bonds. The Morgan fingerprint density at radius 2 is 2.21 bits per heavy atom. The molecule has 0 spiro atoms. The molecule has 0 saturated heterocycles. The number of hydrogen-bond acceptors (Lipinski definition) is 4. The van der Waals surface area contributed by atoms with Gasteiger partial charge in [-0.1, -0.05) is 18.9 Å². The SMILES string of the molecule is OC(CNCCc1ccccn1)COC1CCCC1. The topological polar surface area (TPSA) is 54.4 Å². The normalized spacial score (nSPS) is 17.7. The Morgan fingerprint density at radius 3 is 2.95 bits per heavy atom. The second kappa shape index (κ2) is 8.25. The average Bonchev–Trinajstić information content (AvgIpc) is 2.96. The number of nitrogens with one attached hydrogen (secondary N) is 1. The highest BCUT2D eigenvalue weighted by molar-refractivity contribution is 5.03. The molecule has 1 heterocycles. The van der Waals surface area contributed by atoms with Crippen molar-refractivity contribution in [2.24, 2.45) is 0 Å². The summed E-state index contributed by atoms with van der Waals surface area (Å²) in [5.41, 5.74) is 1.08. The molecule has 0 aromatic carbocycles. The summed E-state index contributed by atoms with van der Waals surface area (Å²) < 4.78 is 5.68. The van der Waals surface area contributed by atoms with Crippen LogP contribution in [0, 0.1) is 0 Å². The number of nitrogens with zero attached hydrogens (tertiary/aromatic N) is 1. The molecule has 0 aliphatic heterocycles. The molecule has 1 aliphatic rings. The molecule has 1 atom stereocenters. The van der Waals surface area contributed by atoms with Crippen molar-refractivity contribution in [2.45, 2.75) is 44.3 Å². The summed E-state index contributed by atoms with van der Waals surface area (Å²) in [6.07, 6.45) is 7.50. The van der Waals surface area contributed by atoms with E-state index in [1.54, 1.807) is 6.20 Å². The molecule has 106 valence electrons. The van der Waals surface area contributed by atoms with Crippen molar-refractivity contribution in [3.63, 3.8) is 0 Å². The van der Waals surface area contributed by atoms with Crippen LogP contribution in [0.5, 0.6) is 0 Å². The van der Waals surface area contributed by atoms with Crippen LogP contribution >= 0.6 is 0 Å². The van der Waals surface area contributed by atoms with Gasteiger partial charge in [-0.15, -0.1) is 0 Å². The van der Waals surface area contributed by atoms with Crippen LogP contribution in [-0.4, -0.2) is 42.0 Å². The molecule has 1 fully saturated rings. The third kappa shape index (κ3) is 5.68. The van der Waals surface area contributed by atoms with E-state index in [2.05, 4.69) is 10.3 Å². The van der Waals surface area contributed by atoms with Crippen molar-refractivity contribution in [3.8, 4) is 0 Å². The zero-order chi connectivity index (χ0) is 13.3. The van der Waals surface area contributed by atoms with E-state index in [9.17, 15) is 5.11 Å². The monoisotopic (exact) mass is 264 g/mol. The number of hydrogen-bond donors (Lipinski definition) is 2. The van der Waals surface area contributed by atoms with Gasteiger partial charge in [-0.2, -0.15) is 0 Å². The molecule has 2 rings (SSSR count). The first-order chi connectivity index (χ1) is 9.34. The number of rotatable bonds is 8. The number of ether oxygens (including phenoxy) is 1. The van der Waals surface area contributed by atoms with Gasteiger partial charge in [0.2, 0.25) is 0 Å². The van der Waals surface area contributed by atoms with Crippen LogP contribution in [0.2, 0.25) is 0 Å². The minimum Gasteiger partial charge on any atom is -0.389 e. The predicted molar refractivity (Wildman–Crippen MR) is 75.0 cm³/mol. The van der Waals surface area contributed by atoms with Crippen molar-refractivity contribution < 1.29 is 9.84 Å². The molecule has 4 nitrogen and oxygen atoms in total. The molecule has 4 heteroatoms. The predicted octanol–water partition coefficient (Wildman–Crippen LogP) is 1.53. The Hall–Kier alpha value is -0.970. The second-order valence-electron chi connectivity index (χ2n) is 5.17. The smallest absolute Gasteiger partial charge is 0.0897 e. The Bertz CT molecular complexity index is 339. The number of aliphatic hydroxyl groups excluding tert-OH is 1. The Labute approximate surface area is 115 Å². The summed E-state index contributed by atoms with van der Waals surface area (Å²) in [6, 6.07) is 5.93. The largest absolute Gasteiger partial charge is 0.389 e. The van der Waals surface area contributed by atoms with Gasteiger partial charge in [0.05, 0.1) is 18.8 Å². The zero-order valence-electron chi connectivity index (χ0n) is 11.4. The van der Waals surface area contributed by atoms with E-state index in [1.807, 2.05) is 18.2 Å². The lowest BCUT2D eigenvalue weighted by molar-refractivity contribution is -0.00531. The van der Waals surface area contributed by atoms with Gasteiger partial charge in [0.1, 0.15) is 0 Å². The fourth-order valence-corrected chi connectivity index (χ4v) is 2.39. The van der Waals surface area contributed by atoms with Crippen molar-refractivity contribution >= 4 is 0 Å². The highest BCUT2D eigenvalue weighted by Crippen LogP contribution is 2.20. The molecular formula is C15H24N2O2. The van der Waals surface area contributed by atoms with Crippen LogP contribution in [-0.2, 0) is 11.2 Å². The van der Waals surface area contributed by atoms with Crippen molar-refractivity contribution in [2.75, 3.05) is 19.7 Å². The first-order valence-corrected chi connectivity index (χ1v) is 7.25. The molecule has 1 aromatic heterocycles. The molecular weight excluding hydrogens is 240 g/mol. The van der Waals surface area contributed by atoms with Gasteiger partial charge in [-0.3, -0.25) is 4.98 Å². The Morgan fingerprint density at radius 1 is 1.37 bits per heavy atom. The maximum absolute atomic E-state index is 9.80. The van der Waals surface area contributed by atoms with E-state index in [-0.39, 0.29) is 0 Å². The highest BCUT2D eigenvalue weighted by atomic mass is 16.5. The van der Waals surface area contributed by atoms with Crippen LogP contribution < -0.4 is 5.32 Å². The third-order valence-corrected chi connectivity index (χ3v) is 3.49. The van der Waals surface area contributed by atoms with Crippen LogP contribution in [0.1, 0.15) is 31.4 Å². The summed E-state index contributed by atoms with van der Waals surface area (Å²) in [4.78, 5) is 4.26. The number of pyridine rings is 1. The van der Waals surface area contributed by atoms with Crippen molar-refractivity contribution in [1.82, 2.24) is 10.3 Å². The average molecular weight is 264 g/mol. The summed E-state index contributed by atoms with van der Waals surface area (Å²) in [5, 5.41) is 13.0. The quantitative estimate of drug-likeness (QED) is 0.699. The molecule has 1 aromatic rings. The van der Waals surface area contributed by atoms with Crippen LogP contribution in [0.4, 0.5) is 0 Å². The lowest BCUT2D eigenvalue weighted by Crippen LogP contribution is -2.32. The van der Waals surface area contributed by atoms with E-state index < -0.39 is 6.10 Å². The fraction of sp³-hybridized carbons (Fsp3) is 0.667. The Balaban J connectivity index is 1.50. The van der Waals surface area contributed by atoms with Crippen LogP contribution in [0.25, 0.3) is 0 Å². The summed E-state index contributed by atoms with van der Waals surface area (Å²) in [6.45, 7) is 1.86. The van der Waals surface area contributed by atoms with E-state index >= 15 is 0 Å². The maximum atomic E-state index is 9.80. The standard InChI is InChI=1S/C15H24N2O2/c18-14(12-19-15-6-1-2-7-15)11-16-10-8-13-5-3-4-9-17-13/h3-5,9,14-16,18H,1-2,6-8,10-12H2. The summed E-state index contributed by atoms with van der Waals surface area (Å²) in [7, 11) is 0. The van der Waals surface area contributed by atoms with Gasteiger partial charge in [-0.05, 0) is 25.0 Å². The van der Waals surface area contributed by atoms with Crippen LogP contribution in [0.3, 0.4) is 0 Å². The van der Waals surface area contributed by atoms with Crippen molar-refractivity contribution in [3.05, 3.63) is 30.1 Å². The summed E-state index contributed by atoms with van der Waals surface area (Å²) in [5.74, 6) is 0.